The molecule has 3 aromatic rings. The first-order valence-electron chi connectivity index (χ1n) is 11.0. The smallest absolute Gasteiger partial charge is 0.255 e. The molecular formula is C26H28N4O3. The maximum absolute atomic E-state index is 12.8. The summed E-state index contributed by atoms with van der Waals surface area (Å²) in [7, 11) is 0. The van der Waals surface area contributed by atoms with Crippen LogP contribution in [-0.2, 0) is 4.79 Å². The highest BCUT2D eigenvalue weighted by molar-refractivity contribution is 5.95. The summed E-state index contributed by atoms with van der Waals surface area (Å²) in [6.45, 7) is 8.04. The lowest BCUT2D eigenvalue weighted by Crippen LogP contribution is -2.50. The van der Waals surface area contributed by atoms with Gasteiger partial charge in [-0.05, 0) is 56.7 Å². The minimum atomic E-state index is -0.242. The Kier molecular flexibility index (Phi) is 6.31. The lowest BCUT2D eigenvalue weighted by molar-refractivity contribution is -0.127. The number of carbonyl (C=O) groups excluding carboxylic acids is 2. The van der Waals surface area contributed by atoms with Crippen molar-refractivity contribution in [3.05, 3.63) is 93.2 Å². The number of aromatic amines is 1. The maximum Gasteiger partial charge on any atom is 0.255 e. The number of aryl methyl sites for hydroxylation is 2. The molecule has 1 aliphatic rings. The van der Waals surface area contributed by atoms with Crippen molar-refractivity contribution in [3.63, 3.8) is 0 Å². The van der Waals surface area contributed by atoms with Gasteiger partial charge in [0.25, 0.3) is 5.91 Å². The first kappa shape index (κ1) is 22.3. The van der Waals surface area contributed by atoms with Crippen molar-refractivity contribution in [1.82, 2.24) is 19.4 Å². The van der Waals surface area contributed by atoms with Gasteiger partial charge in [0.05, 0.1) is 5.56 Å². The molecule has 1 N–H and O–H groups in total. The van der Waals surface area contributed by atoms with Gasteiger partial charge in [-0.3, -0.25) is 14.4 Å². The second-order valence-corrected chi connectivity index (χ2v) is 8.39. The summed E-state index contributed by atoms with van der Waals surface area (Å²) in [4.78, 5) is 42.5. The van der Waals surface area contributed by atoms with Crippen LogP contribution in [0.15, 0.2) is 59.5 Å². The van der Waals surface area contributed by atoms with E-state index in [9.17, 15) is 14.4 Å². The summed E-state index contributed by atoms with van der Waals surface area (Å²) in [5.74, 6) is -0.205. The van der Waals surface area contributed by atoms with E-state index in [-0.39, 0.29) is 17.4 Å². The van der Waals surface area contributed by atoms with Gasteiger partial charge in [-0.15, -0.1) is 0 Å². The third-order valence-corrected chi connectivity index (χ3v) is 6.08. The van der Waals surface area contributed by atoms with Crippen LogP contribution in [0.4, 0.5) is 0 Å². The normalized spacial score (nSPS) is 14.2. The van der Waals surface area contributed by atoms with Gasteiger partial charge in [-0.25, -0.2) is 0 Å². The van der Waals surface area contributed by atoms with Crippen LogP contribution in [0.2, 0.25) is 0 Å². The second-order valence-electron chi connectivity index (χ2n) is 8.39. The summed E-state index contributed by atoms with van der Waals surface area (Å²) in [5.41, 5.74) is 5.71. The molecule has 4 rings (SSSR count). The number of rotatable bonds is 4. The zero-order chi connectivity index (χ0) is 23.5. The van der Waals surface area contributed by atoms with Crippen LogP contribution in [0, 0.1) is 20.8 Å². The standard InChI is InChI=1S/C26H28N4O3/c1-18-4-8-23(9-5-18)30-19(2)16-21(20(30)3)7-11-25(32)28-12-14-29(15-13-28)26(33)22-6-10-24(31)27-17-22/h4-11,16-17H,12-15H2,1-3H3,(H,27,31)/b11-7+. The van der Waals surface area contributed by atoms with E-state index in [2.05, 4.69) is 60.7 Å². The second kappa shape index (κ2) is 9.32. The number of carbonyl (C=O) groups is 2. The molecule has 1 aromatic carbocycles. The number of aromatic nitrogens is 2. The van der Waals surface area contributed by atoms with Crippen LogP contribution in [0.25, 0.3) is 11.8 Å². The molecule has 1 saturated heterocycles. The van der Waals surface area contributed by atoms with Crippen molar-refractivity contribution in [3.8, 4) is 5.69 Å². The number of piperazine rings is 1. The molecule has 2 aromatic heterocycles. The molecule has 0 radical (unpaired) electrons. The topological polar surface area (TPSA) is 78.4 Å². The van der Waals surface area contributed by atoms with Crippen LogP contribution in [0.3, 0.4) is 0 Å². The molecule has 0 aliphatic carbocycles. The van der Waals surface area contributed by atoms with E-state index < -0.39 is 0 Å². The van der Waals surface area contributed by atoms with Crippen molar-refractivity contribution in [2.24, 2.45) is 0 Å². The average molecular weight is 445 g/mol. The molecular weight excluding hydrogens is 416 g/mol. The van der Waals surface area contributed by atoms with Crippen LogP contribution in [-0.4, -0.2) is 57.3 Å². The van der Waals surface area contributed by atoms with Crippen molar-refractivity contribution in [2.75, 3.05) is 26.2 Å². The lowest BCUT2D eigenvalue weighted by Gasteiger charge is -2.34. The number of nitrogens with one attached hydrogen (secondary N) is 1. The van der Waals surface area contributed by atoms with Crippen molar-refractivity contribution >= 4 is 17.9 Å². The van der Waals surface area contributed by atoms with Crippen LogP contribution >= 0.6 is 0 Å². The van der Waals surface area contributed by atoms with E-state index >= 15 is 0 Å². The predicted octanol–water partition coefficient (Wildman–Crippen LogP) is 3.09. The summed E-state index contributed by atoms with van der Waals surface area (Å²) < 4.78 is 2.19. The highest BCUT2D eigenvalue weighted by Crippen LogP contribution is 2.22. The van der Waals surface area contributed by atoms with Gasteiger partial charge in [0.1, 0.15) is 0 Å². The summed E-state index contributed by atoms with van der Waals surface area (Å²) in [6, 6.07) is 13.3. The number of pyridine rings is 1. The molecule has 0 bridgehead atoms. The molecule has 0 unspecified atom stereocenters. The van der Waals surface area contributed by atoms with Crippen LogP contribution in [0.5, 0.6) is 0 Å². The van der Waals surface area contributed by atoms with Gasteiger partial charge in [0.15, 0.2) is 0 Å². The molecule has 2 amide bonds. The molecule has 7 heteroatoms. The molecule has 33 heavy (non-hydrogen) atoms. The minimum Gasteiger partial charge on any atom is -0.336 e. The molecule has 170 valence electrons. The summed E-state index contributed by atoms with van der Waals surface area (Å²) in [5, 5.41) is 0. The van der Waals surface area contributed by atoms with Gasteiger partial charge in [-0.2, -0.15) is 0 Å². The van der Waals surface area contributed by atoms with E-state index in [4.69, 9.17) is 0 Å². The van der Waals surface area contributed by atoms with Gasteiger partial charge in [-0.1, -0.05) is 17.7 Å². The molecule has 0 saturated carbocycles. The molecule has 0 atom stereocenters. The lowest BCUT2D eigenvalue weighted by atomic mass is 10.2. The predicted molar refractivity (Wildman–Crippen MR) is 129 cm³/mol. The van der Waals surface area contributed by atoms with E-state index in [0.29, 0.717) is 31.7 Å². The van der Waals surface area contributed by atoms with Gasteiger partial charge >= 0.3 is 0 Å². The molecule has 1 aliphatic heterocycles. The first-order chi connectivity index (χ1) is 15.8. The van der Waals surface area contributed by atoms with Gasteiger partial charge < -0.3 is 19.4 Å². The largest absolute Gasteiger partial charge is 0.336 e. The van der Waals surface area contributed by atoms with E-state index in [1.807, 2.05) is 6.08 Å². The Bertz CT molecular complexity index is 1240. The maximum atomic E-state index is 12.8. The van der Waals surface area contributed by atoms with Gasteiger partial charge in [0.2, 0.25) is 11.5 Å². The Morgan fingerprint density at radius 3 is 2.21 bits per heavy atom. The fraction of sp³-hybridized carbons (Fsp3) is 0.269. The molecule has 1 fully saturated rings. The monoisotopic (exact) mass is 444 g/mol. The minimum absolute atomic E-state index is 0.0636. The van der Waals surface area contributed by atoms with Crippen molar-refractivity contribution in [2.45, 2.75) is 20.8 Å². The highest BCUT2D eigenvalue weighted by atomic mass is 16.2. The summed E-state index contributed by atoms with van der Waals surface area (Å²) in [6.07, 6.45) is 4.91. The first-order valence-corrected chi connectivity index (χ1v) is 11.0. The Morgan fingerprint density at radius 1 is 0.909 bits per heavy atom. The van der Waals surface area contributed by atoms with Crippen molar-refractivity contribution in [1.29, 1.82) is 0 Å². The number of H-pyrrole nitrogens is 1. The zero-order valence-electron chi connectivity index (χ0n) is 19.2. The number of amides is 2. The van der Waals surface area contributed by atoms with Crippen LogP contribution < -0.4 is 5.56 Å². The Morgan fingerprint density at radius 2 is 1.58 bits per heavy atom. The van der Waals surface area contributed by atoms with Crippen LogP contribution in [0.1, 0.15) is 32.9 Å². The third-order valence-electron chi connectivity index (χ3n) is 6.08. The quantitative estimate of drug-likeness (QED) is 0.628. The Balaban J connectivity index is 1.39. The zero-order valence-corrected chi connectivity index (χ0v) is 19.2. The number of hydrogen-bond acceptors (Lipinski definition) is 3. The number of hydrogen-bond donors (Lipinski definition) is 1. The summed E-state index contributed by atoms with van der Waals surface area (Å²) >= 11 is 0. The van der Waals surface area contributed by atoms with E-state index in [1.54, 1.807) is 15.9 Å². The molecule has 7 nitrogen and oxygen atoms in total. The Labute approximate surface area is 193 Å². The average Bonchev–Trinajstić information content (AvgIpc) is 3.11. The SMILES string of the molecule is Cc1ccc(-n2c(C)cc(/C=C/C(=O)N3CCN(C(=O)c4ccc(=O)[nH]c4)CC3)c2C)cc1. The Hall–Kier alpha value is -3.87. The number of benzene rings is 1. The van der Waals surface area contributed by atoms with E-state index in [0.717, 1.165) is 22.6 Å². The third kappa shape index (κ3) is 4.82. The van der Waals surface area contributed by atoms with Crippen molar-refractivity contribution < 1.29 is 9.59 Å². The highest BCUT2D eigenvalue weighted by Gasteiger charge is 2.24. The molecule has 0 spiro atoms. The fourth-order valence-electron chi connectivity index (χ4n) is 4.17. The fourth-order valence-corrected chi connectivity index (χ4v) is 4.17. The molecule has 3 heterocycles. The van der Waals surface area contributed by atoms with E-state index in [1.165, 1.54) is 23.9 Å². The number of nitrogens with zero attached hydrogens (tertiary/aromatic N) is 3. The van der Waals surface area contributed by atoms with Gasteiger partial charge in [0, 0.05) is 61.6 Å².